The summed E-state index contributed by atoms with van der Waals surface area (Å²) in [5.41, 5.74) is 2.08. The van der Waals surface area contributed by atoms with Gasteiger partial charge in [0.1, 0.15) is 5.82 Å². The number of fused-ring (bicyclic) bond motifs is 1. The van der Waals surface area contributed by atoms with Gasteiger partial charge in [-0.25, -0.2) is 9.97 Å². The Bertz CT molecular complexity index is 712. The molecule has 4 heteroatoms. The number of nitrogens with one attached hydrogen (secondary N) is 1. The second kappa shape index (κ2) is 6.41. The van der Waals surface area contributed by atoms with Crippen molar-refractivity contribution in [2.24, 2.45) is 0 Å². The van der Waals surface area contributed by atoms with Gasteiger partial charge in [-0.05, 0) is 24.7 Å². The molecule has 1 atom stereocenters. The van der Waals surface area contributed by atoms with Crippen LogP contribution in [0.4, 0.5) is 0 Å². The molecule has 106 valence electrons. The van der Waals surface area contributed by atoms with Crippen LogP contribution in [0.15, 0.2) is 54.9 Å². The van der Waals surface area contributed by atoms with Gasteiger partial charge in [0.05, 0.1) is 11.6 Å². The lowest BCUT2D eigenvalue weighted by Crippen LogP contribution is -2.25. The fourth-order valence-electron chi connectivity index (χ4n) is 2.42. The van der Waals surface area contributed by atoms with Crippen molar-refractivity contribution in [3.05, 3.63) is 66.4 Å². The Morgan fingerprint density at radius 1 is 1.00 bits per heavy atom. The number of rotatable bonds is 5. The Morgan fingerprint density at radius 2 is 1.81 bits per heavy atom. The largest absolute Gasteiger partial charge is 0.307 e. The van der Waals surface area contributed by atoms with Crippen molar-refractivity contribution in [2.75, 3.05) is 6.54 Å². The molecule has 0 aliphatic heterocycles. The molecule has 0 saturated heterocycles. The molecule has 3 rings (SSSR count). The van der Waals surface area contributed by atoms with Crippen molar-refractivity contribution in [3.63, 3.8) is 0 Å². The van der Waals surface area contributed by atoms with Crippen LogP contribution in [-0.2, 0) is 6.42 Å². The zero-order valence-corrected chi connectivity index (χ0v) is 12.0. The maximum absolute atomic E-state index is 4.73. The van der Waals surface area contributed by atoms with Crippen LogP contribution in [-0.4, -0.2) is 21.5 Å². The minimum absolute atomic E-state index is 0.0878. The van der Waals surface area contributed by atoms with E-state index in [0.29, 0.717) is 0 Å². The van der Waals surface area contributed by atoms with Crippen LogP contribution in [0.1, 0.15) is 24.5 Å². The summed E-state index contributed by atoms with van der Waals surface area (Å²) >= 11 is 0. The van der Waals surface area contributed by atoms with Crippen molar-refractivity contribution in [1.82, 2.24) is 20.3 Å². The molecule has 0 amide bonds. The molecule has 21 heavy (non-hydrogen) atoms. The van der Waals surface area contributed by atoms with Gasteiger partial charge in [0.2, 0.25) is 0 Å². The van der Waals surface area contributed by atoms with Crippen molar-refractivity contribution < 1.29 is 0 Å². The molecule has 0 spiro atoms. The van der Waals surface area contributed by atoms with E-state index in [0.717, 1.165) is 35.4 Å². The number of benzene rings is 1. The van der Waals surface area contributed by atoms with Gasteiger partial charge in [0.15, 0.2) is 0 Å². The van der Waals surface area contributed by atoms with E-state index in [2.05, 4.69) is 40.4 Å². The van der Waals surface area contributed by atoms with E-state index in [-0.39, 0.29) is 6.04 Å². The molecule has 3 aromatic rings. The van der Waals surface area contributed by atoms with Gasteiger partial charge in [-0.3, -0.25) is 4.98 Å². The van der Waals surface area contributed by atoms with E-state index < -0.39 is 0 Å². The molecule has 2 heterocycles. The smallest absolute Gasteiger partial charge is 0.145 e. The molecular formula is C17H18N4. The van der Waals surface area contributed by atoms with Gasteiger partial charge in [0.25, 0.3) is 0 Å². The highest BCUT2D eigenvalue weighted by molar-refractivity contribution is 5.78. The predicted octanol–water partition coefficient (Wildman–Crippen LogP) is 2.92. The van der Waals surface area contributed by atoms with E-state index in [9.17, 15) is 0 Å². The lowest BCUT2D eigenvalue weighted by molar-refractivity contribution is 0.517. The highest BCUT2D eigenvalue weighted by atomic mass is 15.0. The number of hydrogen-bond donors (Lipinski definition) is 1. The van der Waals surface area contributed by atoms with Crippen LogP contribution in [0.2, 0.25) is 0 Å². The molecule has 1 aromatic carbocycles. The molecular weight excluding hydrogens is 260 g/mol. The quantitative estimate of drug-likeness (QED) is 0.779. The number of aromatic nitrogens is 3. The number of likely N-dealkylation sites (N-methyl/N-ethyl adjacent to an activating group) is 1. The number of nitrogens with zero attached hydrogens (tertiary/aromatic N) is 3. The first-order valence-corrected chi connectivity index (χ1v) is 7.22. The SMILES string of the molecule is CCNC(Cc1ccc2ccccc2n1)c1ncccn1. The first-order chi connectivity index (χ1) is 10.4. The lowest BCUT2D eigenvalue weighted by Gasteiger charge is -2.16. The molecule has 0 fully saturated rings. The molecule has 1 N–H and O–H groups in total. The second-order valence-electron chi connectivity index (χ2n) is 4.92. The zero-order chi connectivity index (χ0) is 14.5. The van der Waals surface area contributed by atoms with E-state index in [1.165, 1.54) is 0 Å². The molecule has 0 aliphatic carbocycles. The highest BCUT2D eigenvalue weighted by Gasteiger charge is 2.14. The third-order valence-electron chi connectivity index (χ3n) is 3.42. The fraction of sp³-hybridized carbons (Fsp3) is 0.235. The third kappa shape index (κ3) is 3.23. The zero-order valence-electron chi connectivity index (χ0n) is 12.0. The summed E-state index contributed by atoms with van der Waals surface area (Å²) < 4.78 is 0. The molecule has 4 nitrogen and oxygen atoms in total. The first-order valence-electron chi connectivity index (χ1n) is 7.22. The summed E-state index contributed by atoms with van der Waals surface area (Å²) in [5, 5.41) is 4.59. The average Bonchev–Trinajstić information content (AvgIpc) is 2.55. The van der Waals surface area contributed by atoms with E-state index >= 15 is 0 Å². The van der Waals surface area contributed by atoms with Crippen molar-refractivity contribution >= 4 is 10.9 Å². The summed E-state index contributed by atoms with van der Waals surface area (Å²) in [6.45, 7) is 2.96. The fourth-order valence-corrected chi connectivity index (χ4v) is 2.42. The molecule has 0 aliphatic rings. The standard InChI is InChI=1S/C17H18N4/c1-2-18-16(17-19-10-5-11-20-17)12-14-9-8-13-6-3-4-7-15(13)21-14/h3-11,16,18H,2,12H2,1H3. The molecule has 0 saturated carbocycles. The van der Waals surface area contributed by atoms with Crippen LogP contribution in [0.25, 0.3) is 10.9 Å². The summed E-state index contributed by atoms with van der Waals surface area (Å²) in [6, 6.07) is 14.3. The number of para-hydroxylation sites is 1. The Labute approximate surface area is 124 Å². The highest BCUT2D eigenvalue weighted by Crippen LogP contribution is 2.17. The number of hydrogen-bond acceptors (Lipinski definition) is 4. The predicted molar refractivity (Wildman–Crippen MR) is 83.9 cm³/mol. The van der Waals surface area contributed by atoms with Crippen LogP contribution in [0.5, 0.6) is 0 Å². The Hall–Kier alpha value is -2.33. The minimum atomic E-state index is 0.0878. The van der Waals surface area contributed by atoms with E-state index in [1.54, 1.807) is 12.4 Å². The van der Waals surface area contributed by atoms with Gasteiger partial charge >= 0.3 is 0 Å². The van der Waals surface area contributed by atoms with Gasteiger partial charge in [0, 0.05) is 29.9 Å². The third-order valence-corrected chi connectivity index (χ3v) is 3.42. The van der Waals surface area contributed by atoms with Gasteiger partial charge in [-0.2, -0.15) is 0 Å². The minimum Gasteiger partial charge on any atom is -0.307 e. The maximum atomic E-state index is 4.73. The summed E-state index contributed by atoms with van der Waals surface area (Å²) in [7, 11) is 0. The summed E-state index contributed by atoms with van der Waals surface area (Å²) in [6.07, 6.45) is 4.34. The van der Waals surface area contributed by atoms with Crippen LogP contribution >= 0.6 is 0 Å². The van der Waals surface area contributed by atoms with Gasteiger partial charge in [-0.1, -0.05) is 31.2 Å². The Morgan fingerprint density at radius 3 is 2.62 bits per heavy atom. The normalized spacial score (nSPS) is 12.4. The number of pyridine rings is 1. The van der Waals surface area contributed by atoms with Crippen LogP contribution < -0.4 is 5.32 Å². The Kier molecular flexibility index (Phi) is 4.17. The molecule has 0 radical (unpaired) electrons. The monoisotopic (exact) mass is 278 g/mol. The topological polar surface area (TPSA) is 50.7 Å². The Balaban J connectivity index is 1.87. The maximum Gasteiger partial charge on any atom is 0.145 e. The second-order valence-corrected chi connectivity index (χ2v) is 4.92. The van der Waals surface area contributed by atoms with Gasteiger partial charge < -0.3 is 5.32 Å². The summed E-state index contributed by atoms with van der Waals surface area (Å²) in [4.78, 5) is 13.4. The van der Waals surface area contributed by atoms with E-state index in [4.69, 9.17) is 4.98 Å². The first kappa shape index (κ1) is 13.6. The van der Waals surface area contributed by atoms with Gasteiger partial charge in [-0.15, -0.1) is 0 Å². The summed E-state index contributed by atoms with van der Waals surface area (Å²) in [5.74, 6) is 0.814. The van der Waals surface area contributed by atoms with Crippen molar-refractivity contribution in [2.45, 2.75) is 19.4 Å². The van der Waals surface area contributed by atoms with Crippen LogP contribution in [0, 0.1) is 0 Å². The average molecular weight is 278 g/mol. The van der Waals surface area contributed by atoms with Crippen molar-refractivity contribution in [1.29, 1.82) is 0 Å². The lowest BCUT2D eigenvalue weighted by atomic mass is 10.1. The molecule has 2 aromatic heterocycles. The van der Waals surface area contributed by atoms with Crippen molar-refractivity contribution in [3.8, 4) is 0 Å². The van der Waals surface area contributed by atoms with E-state index in [1.807, 2.05) is 24.3 Å². The van der Waals surface area contributed by atoms with Crippen LogP contribution in [0.3, 0.4) is 0 Å². The molecule has 0 bridgehead atoms. The molecule has 1 unspecified atom stereocenters.